The van der Waals surface area contributed by atoms with Crippen molar-refractivity contribution in [2.45, 2.75) is 39.0 Å². The van der Waals surface area contributed by atoms with Gasteiger partial charge in [0.25, 0.3) is 0 Å². The zero-order valence-corrected chi connectivity index (χ0v) is 15.4. The summed E-state index contributed by atoms with van der Waals surface area (Å²) in [5, 5.41) is 0. The normalized spacial score (nSPS) is 20.8. The summed E-state index contributed by atoms with van der Waals surface area (Å²) in [5.41, 5.74) is 2.98. The molecule has 22 heavy (non-hydrogen) atoms. The number of nitrogens with zero attached hydrogens (tertiary/aromatic N) is 3. The van der Waals surface area contributed by atoms with Crippen molar-refractivity contribution in [3.63, 3.8) is 0 Å². The van der Waals surface area contributed by atoms with Crippen LogP contribution >= 0.6 is 15.9 Å². The zero-order chi connectivity index (χ0) is 16.2. The van der Waals surface area contributed by atoms with Gasteiger partial charge in [-0.3, -0.25) is 4.98 Å². The van der Waals surface area contributed by atoms with Crippen molar-refractivity contribution in [2.75, 3.05) is 13.6 Å². The average Bonchev–Trinajstić information content (AvgIpc) is 2.55. The quantitative estimate of drug-likeness (QED) is 0.549. The van der Waals surface area contributed by atoms with Crippen LogP contribution < -0.4 is 0 Å². The molecule has 4 heteroatoms. The molecule has 1 unspecified atom stereocenters. The van der Waals surface area contributed by atoms with E-state index in [1.54, 1.807) is 0 Å². The molecular formula is C18H24BrN3. The highest BCUT2D eigenvalue weighted by molar-refractivity contribution is 9.10. The van der Waals surface area contributed by atoms with E-state index in [9.17, 15) is 0 Å². The second-order valence-electron chi connectivity index (χ2n) is 5.74. The Bertz CT molecular complexity index is 619. The second kappa shape index (κ2) is 7.23. The number of hydrogen-bond donors (Lipinski definition) is 0. The van der Waals surface area contributed by atoms with Crippen LogP contribution in [-0.2, 0) is 5.41 Å². The highest BCUT2D eigenvalue weighted by Gasteiger charge is 2.31. The Morgan fingerprint density at radius 1 is 1.41 bits per heavy atom. The maximum atomic E-state index is 4.88. The Balaban J connectivity index is 2.40. The minimum atomic E-state index is -0.0131. The van der Waals surface area contributed by atoms with Gasteiger partial charge in [0.2, 0.25) is 0 Å². The maximum Gasteiger partial charge on any atom is 0.0910 e. The summed E-state index contributed by atoms with van der Waals surface area (Å²) in [6.07, 6.45) is 12.6. The monoisotopic (exact) mass is 361 g/mol. The lowest BCUT2D eigenvalue weighted by Crippen LogP contribution is -2.25. The average molecular weight is 362 g/mol. The standard InChI is InChI=1S/C18H24BrN3/c1-5-18(10-8-7-9-11-18)17-15(19)12-16(14(3)21-17)20-13-22(4)6-2/h7-10,12-13H,5-6,11H2,1-4H3. The highest BCUT2D eigenvalue weighted by Crippen LogP contribution is 2.40. The number of pyridine rings is 1. The lowest BCUT2D eigenvalue weighted by atomic mass is 9.76. The van der Waals surface area contributed by atoms with Crippen LogP contribution in [0.1, 0.15) is 38.1 Å². The molecule has 1 aliphatic carbocycles. The molecule has 118 valence electrons. The first-order valence-corrected chi connectivity index (χ1v) is 8.58. The lowest BCUT2D eigenvalue weighted by molar-refractivity contribution is 0.499. The first kappa shape index (κ1) is 16.9. The van der Waals surface area contributed by atoms with Gasteiger partial charge in [-0.15, -0.1) is 0 Å². The van der Waals surface area contributed by atoms with E-state index in [1.807, 2.05) is 25.2 Å². The van der Waals surface area contributed by atoms with Crippen LogP contribution in [0.5, 0.6) is 0 Å². The third kappa shape index (κ3) is 3.49. The topological polar surface area (TPSA) is 28.5 Å². The van der Waals surface area contributed by atoms with Gasteiger partial charge in [0.1, 0.15) is 0 Å². The van der Waals surface area contributed by atoms with E-state index < -0.39 is 0 Å². The van der Waals surface area contributed by atoms with Gasteiger partial charge in [-0.25, -0.2) is 4.99 Å². The van der Waals surface area contributed by atoms with Crippen molar-refractivity contribution in [1.82, 2.24) is 9.88 Å². The SMILES string of the molecule is CCN(C)C=Nc1cc(Br)c(C2(CC)C=CC=CC2)nc1C. The molecule has 2 rings (SSSR count). The van der Waals surface area contributed by atoms with Gasteiger partial charge in [0.15, 0.2) is 0 Å². The molecule has 0 N–H and O–H groups in total. The first-order valence-electron chi connectivity index (χ1n) is 7.79. The second-order valence-corrected chi connectivity index (χ2v) is 6.60. The molecule has 0 bridgehead atoms. The molecule has 0 radical (unpaired) electrons. The number of hydrogen-bond acceptors (Lipinski definition) is 2. The maximum absolute atomic E-state index is 4.88. The van der Waals surface area contributed by atoms with Gasteiger partial charge in [0.05, 0.1) is 23.4 Å². The molecule has 0 aromatic carbocycles. The molecular weight excluding hydrogens is 338 g/mol. The van der Waals surface area contributed by atoms with Crippen molar-refractivity contribution in [2.24, 2.45) is 4.99 Å². The molecule has 3 nitrogen and oxygen atoms in total. The minimum absolute atomic E-state index is 0.0131. The molecule has 0 aliphatic heterocycles. The van der Waals surface area contributed by atoms with Crippen LogP contribution in [0.2, 0.25) is 0 Å². The van der Waals surface area contributed by atoms with Crippen LogP contribution in [0.15, 0.2) is 39.8 Å². The molecule has 0 saturated carbocycles. The summed E-state index contributed by atoms with van der Waals surface area (Å²) in [6, 6.07) is 2.08. The van der Waals surface area contributed by atoms with E-state index >= 15 is 0 Å². The molecule has 0 amide bonds. The fourth-order valence-electron chi connectivity index (χ4n) is 2.56. The fourth-order valence-corrected chi connectivity index (χ4v) is 3.26. The van der Waals surface area contributed by atoms with Gasteiger partial charge in [-0.2, -0.15) is 0 Å². The summed E-state index contributed by atoms with van der Waals surface area (Å²) in [5.74, 6) is 0. The smallest absolute Gasteiger partial charge is 0.0910 e. The largest absolute Gasteiger partial charge is 0.366 e. The van der Waals surface area contributed by atoms with Gasteiger partial charge in [0, 0.05) is 23.5 Å². The molecule has 1 heterocycles. The summed E-state index contributed by atoms with van der Waals surface area (Å²) < 4.78 is 1.03. The molecule has 1 aromatic rings. The van der Waals surface area contributed by atoms with Gasteiger partial charge >= 0.3 is 0 Å². The molecule has 1 aromatic heterocycles. The Morgan fingerprint density at radius 3 is 2.77 bits per heavy atom. The Labute approximate surface area is 142 Å². The Hall–Kier alpha value is -1.42. The molecule has 0 spiro atoms. The third-order valence-corrected chi connectivity index (χ3v) is 4.88. The third-order valence-electron chi connectivity index (χ3n) is 4.28. The lowest BCUT2D eigenvalue weighted by Gasteiger charge is -2.31. The minimum Gasteiger partial charge on any atom is -0.366 e. The first-order chi connectivity index (χ1) is 10.5. The van der Waals surface area contributed by atoms with Crippen LogP contribution in [0.4, 0.5) is 5.69 Å². The molecule has 0 saturated heterocycles. The van der Waals surface area contributed by atoms with E-state index in [4.69, 9.17) is 4.98 Å². The fraction of sp³-hybridized carbons (Fsp3) is 0.444. The van der Waals surface area contributed by atoms with E-state index in [0.29, 0.717) is 0 Å². The number of aromatic nitrogens is 1. The molecule has 1 aliphatic rings. The summed E-state index contributed by atoms with van der Waals surface area (Å²) in [4.78, 5) is 11.5. The van der Waals surface area contributed by atoms with Crippen molar-refractivity contribution in [3.8, 4) is 0 Å². The van der Waals surface area contributed by atoms with E-state index in [0.717, 1.165) is 40.9 Å². The highest BCUT2D eigenvalue weighted by atomic mass is 79.9. The number of allylic oxidation sites excluding steroid dienone is 4. The summed E-state index contributed by atoms with van der Waals surface area (Å²) in [7, 11) is 2.01. The number of aryl methyl sites for hydroxylation is 1. The van der Waals surface area contributed by atoms with Gasteiger partial charge < -0.3 is 4.90 Å². The van der Waals surface area contributed by atoms with E-state index in [2.05, 4.69) is 65.1 Å². The van der Waals surface area contributed by atoms with Crippen molar-refractivity contribution < 1.29 is 0 Å². The van der Waals surface area contributed by atoms with Gasteiger partial charge in [-0.05, 0) is 48.7 Å². The van der Waals surface area contributed by atoms with E-state index in [1.165, 1.54) is 0 Å². The number of aliphatic imine (C=N–C) groups is 1. The van der Waals surface area contributed by atoms with E-state index in [-0.39, 0.29) is 5.41 Å². The predicted octanol–water partition coefficient (Wildman–Crippen LogP) is 4.93. The van der Waals surface area contributed by atoms with Crippen LogP contribution in [0.3, 0.4) is 0 Å². The Kier molecular flexibility index (Phi) is 5.57. The molecule has 0 fully saturated rings. The number of rotatable bonds is 5. The van der Waals surface area contributed by atoms with Crippen LogP contribution in [0, 0.1) is 6.92 Å². The van der Waals surface area contributed by atoms with Crippen molar-refractivity contribution in [1.29, 1.82) is 0 Å². The van der Waals surface area contributed by atoms with Gasteiger partial charge in [-0.1, -0.05) is 31.2 Å². The van der Waals surface area contributed by atoms with Crippen molar-refractivity contribution in [3.05, 3.63) is 46.2 Å². The summed E-state index contributed by atoms with van der Waals surface area (Å²) >= 11 is 3.71. The van der Waals surface area contributed by atoms with Crippen LogP contribution in [0.25, 0.3) is 0 Å². The summed E-state index contributed by atoms with van der Waals surface area (Å²) in [6.45, 7) is 7.28. The zero-order valence-electron chi connectivity index (χ0n) is 13.8. The van der Waals surface area contributed by atoms with Crippen LogP contribution in [-0.4, -0.2) is 29.8 Å². The number of halogens is 1. The van der Waals surface area contributed by atoms with Crippen molar-refractivity contribution >= 4 is 28.0 Å². The molecule has 1 atom stereocenters. The predicted molar refractivity (Wildman–Crippen MR) is 98.0 cm³/mol. The Morgan fingerprint density at radius 2 is 2.18 bits per heavy atom.